The van der Waals surface area contributed by atoms with E-state index < -0.39 is 58.4 Å². The molecule has 4 N–H and O–H groups in total. The van der Waals surface area contributed by atoms with Crippen molar-refractivity contribution in [1.29, 1.82) is 0 Å². The predicted octanol–water partition coefficient (Wildman–Crippen LogP) is 4.98. The van der Waals surface area contributed by atoms with Gasteiger partial charge in [0.2, 0.25) is 0 Å². The fourth-order valence-corrected chi connectivity index (χ4v) is 12.5. The van der Waals surface area contributed by atoms with Gasteiger partial charge in [0.05, 0.1) is 41.2 Å². The van der Waals surface area contributed by atoms with Gasteiger partial charge >= 0.3 is 0 Å². The molecule has 0 bridgehead atoms. The van der Waals surface area contributed by atoms with Crippen molar-refractivity contribution in [3.05, 3.63) is 46.5 Å². The lowest BCUT2D eigenvalue weighted by atomic mass is 10.0. The van der Waals surface area contributed by atoms with Crippen LogP contribution in [0, 0.1) is 0 Å². The monoisotopic (exact) mass is 775 g/mol. The van der Waals surface area contributed by atoms with Gasteiger partial charge in [0.15, 0.2) is 25.6 Å². The molecule has 0 heterocycles. The van der Waals surface area contributed by atoms with Crippen LogP contribution in [0.15, 0.2) is 48.8 Å². The summed E-state index contributed by atoms with van der Waals surface area (Å²) in [5.41, 5.74) is 12.0. The number of benzene rings is 2. The predicted molar refractivity (Wildman–Crippen MR) is 195 cm³/mol. The SMILES string of the molecule is CCc1cc(S(=O)C2CCCCC2)c(S(C)(=O)=O)cc1C(=O)Cl.CCc1cc(S(=O)C2CCCCC2)c(S(C)(=O)=O)cc1C(=O)N=C(N)N. The van der Waals surface area contributed by atoms with Crippen LogP contribution in [-0.4, -0.2) is 65.4 Å². The first-order valence-corrected chi connectivity index (χ1v) is 22.9. The van der Waals surface area contributed by atoms with Crippen LogP contribution in [0.1, 0.15) is 110 Å². The molecule has 2 fully saturated rings. The average molecular weight is 776 g/mol. The summed E-state index contributed by atoms with van der Waals surface area (Å²) in [6.07, 6.45) is 12.7. The van der Waals surface area contributed by atoms with Gasteiger partial charge in [-0.1, -0.05) is 52.4 Å². The van der Waals surface area contributed by atoms with Gasteiger partial charge in [-0.15, -0.1) is 0 Å². The Morgan fingerprint density at radius 1 is 0.714 bits per heavy atom. The first-order chi connectivity index (χ1) is 22.9. The molecular formula is C33H46ClN3O8S4. The van der Waals surface area contributed by atoms with E-state index in [1.54, 1.807) is 12.1 Å². The van der Waals surface area contributed by atoms with E-state index in [2.05, 4.69) is 4.99 Å². The molecule has 2 aliphatic rings. The van der Waals surface area contributed by atoms with Crippen molar-refractivity contribution in [2.45, 2.75) is 121 Å². The summed E-state index contributed by atoms with van der Waals surface area (Å²) in [5.74, 6) is -1.10. The van der Waals surface area contributed by atoms with Crippen molar-refractivity contribution < 1.29 is 34.8 Å². The van der Waals surface area contributed by atoms with E-state index in [0.717, 1.165) is 76.7 Å². The number of sulfone groups is 2. The fraction of sp³-hybridized carbons (Fsp3) is 0.545. The molecule has 0 radical (unpaired) electrons. The number of aliphatic imine (C=N–C) groups is 1. The molecule has 2 aliphatic carbocycles. The Kier molecular flexibility index (Phi) is 14.8. The summed E-state index contributed by atoms with van der Waals surface area (Å²) in [5, 5.41) is -0.776. The maximum absolute atomic E-state index is 13.1. The highest BCUT2D eigenvalue weighted by molar-refractivity contribution is 7.92. The molecule has 0 aromatic heterocycles. The number of halogens is 1. The zero-order valence-corrected chi connectivity index (χ0v) is 32.4. The number of nitrogens with two attached hydrogens (primary N) is 2. The van der Waals surface area contributed by atoms with E-state index >= 15 is 0 Å². The molecule has 2 aromatic rings. The number of carbonyl (C=O) groups is 2. The second-order valence-corrected chi connectivity index (χ2v) is 20.1. The van der Waals surface area contributed by atoms with Gasteiger partial charge in [0.25, 0.3) is 11.1 Å². The van der Waals surface area contributed by atoms with E-state index in [1.165, 1.54) is 12.1 Å². The second-order valence-electron chi connectivity index (χ2n) is 12.4. The fourth-order valence-electron chi connectivity index (χ4n) is 6.16. The van der Waals surface area contributed by atoms with Crippen LogP contribution in [0.25, 0.3) is 0 Å². The highest BCUT2D eigenvalue weighted by atomic mass is 35.5. The number of amides is 1. The van der Waals surface area contributed by atoms with Crippen molar-refractivity contribution in [1.82, 2.24) is 0 Å². The van der Waals surface area contributed by atoms with Crippen LogP contribution < -0.4 is 11.5 Å². The van der Waals surface area contributed by atoms with Gasteiger partial charge in [-0.3, -0.25) is 18.0 Å². The van der Waals surface area contributed by atoms with E-state index in [0.29, 0.717) is 28.9 Å². The third-order valence-electron chi connectivity index (χ3n) is 8.72. The first-order valence-electron chi connectivity index (χ1n) is 16.3. The third-order valence-corrected chi connectivity index (χ3v) is 15.1. The normalized spacial score (nSPS) is 17.3. The maximum Gasteiger partial charge on any atom is 0.280 e. The van der Waals surface area contributed by atoms with Crippen molar-refractivity contribution in [2.75, 3.05) is 12.5 Å². The Labute approximate surface area is 299 Å². The number of aryl methyl sites for hydroxylation is 2. The number of nitrogens with zero attached hydrogens (tertiary/aromatic N) is 1. The largest absolute Gasteiger partial charge is 0.370 e. The molecule has 0 spiro atoms. The first kappa shape index (κ1) is 41.0. The zero-order chi connectivity index (χ0) is 36.7. The minimum atomic E-state index is -3.68. The Bertz CT molecular complexity index is 1860. The minimum absolute atomic E-state index is 0.0218. The smallest absolute Gasteiger partial charge is 0.280 e. The summed E-state index contributed by atoms with van der Waals surface area (Å²) in [6.45, 7) is 3.68. The summed E-state index contributed by atoms with van der Waals surface area (Å²) < 4.78 is 74.9. The van der Waals surface area contributed by atoms with Crippen LogP contribution in [0.2, 0.25) is 0 Å². The Hall–Kier alpha value is -2.46. The van der Waals surface area contributed by atoms with Gasteiger partial charge in [-0.2, -0.15) is 4.99 Å². The highest BCUT2D eigenvalue weighted by Gasteiger charge is 2.30. The molecule has 2 unspecified atom stereocenters. The second kappa shape index (κ2) is 17.7. The molecule has 0 saturated heterocycles. The van der Waals surface area contributed by atoms with Gasteiger partial charge in [0.1, 0.15) is 0 Å². The average Bonchev–Trinajstić information content (AvgIpc) is 3.06. The topological polar surface area (TPSA) is 201 Å². The number of guanidine groups is 1. The maximum atomic E-state index is 13.1. The van der Waals surface area contributed by atoms with Crippen molar-refractivity contribution in [2.24, 2.45) is 16.5 Å². The van der Waals surface area contributed by atoms with Gasteiger partial charge in [-0.05, 0) is 85.5 Å². The van der Waals surface area contributed by atoms with E-state index in [4.69, 9.17) is 23.1 Å². The van der Waals surface area contributed by atoms with Gasteiger partial charge in [-0.25, -0.2) is 16.8 Å². The molecule has 0 aliphatic heterocycles. The summed E-state index contributed by atoms with van der Waals surface area (Å²) in [7, 11) is -10.1. The molecule has 16 heteroatoms. The Morgan fingerprint density at radius 3 is 1.41 bits per heavy atom. The molecule has 49 heavy (non-hydrogen) atoms. The highest BCUT2D eigenvalue weighted by Crippen LogP contribution is 2.33. The van der Waals surface area contributed by atoms with E-state index in [9.17, 15) is 34.8 Å². The Balaban J connectivity index is 0.000000267. The van der Waals surface area contributed by atoms with Crippen LogP contribution in [0.5, 0.6) is 0 Å². The molecule has 2 atom stereocenters. The summed E-state index contributed by atoms with van der Waals surface area (Å²) in [6, 6.07) is 5.71. The molecular weight excluding hydrogens is 730 g/mol. The molecule has 11 nitrogen and oxygen atoms in total. The molecule has 272 valence electrons. The van der Waals surface area contributed by atoms with Crippen LogP contribution in [0.3, 0.4) is 0 Å². The summed E-state index contributed by atoms with van der Waals surface area (Å²) >= 11 is 5.58. The number of hydrogen-bond acceptors (Lipinski definition) is 8. The lowest BCUT2D eigenvalue weighted by molar-refractivity contribution is 0.100. The molecule has 4 rings (SSSR count). The quantitative estimate of drug-likeness (QED) is 0.188. The summed E-state index contributed by atoms with van der Waals surface area (Å²) in [4.78, 5) is 27.8. The number of rotatable bonds is 10. The standard InChI is InChI=1S/C17H25N3O4S2.C16H21ClO4S2/c1-3-11-9-14(25(22)12-7-5-4-6-8-12)15(26(2,23)24)10-13(11)16(21)20-17(18)19;1-3-11-9-14(22(19)12-7-5-4-6-8-12)15(23(2,20)21)10-13(11)16(17)18/h9-10,12H,3-8H2,1-2H3,(H4,18,19,20,21);9-10,12H,3-8H2,1-2H3. The molecule has 1 amide bonds. The third kappa shape index (κ3) is 10.8. The molecule has 2 aromatic carbocycles. The lowest BCUT2D eigenvalue weighted by Crippen LogP contribution is -2.25. The van der Waals surface area contributed by atoms with Crippen molar-refractivity contribution in [3.8, 4) is 0 Å². The van der Waals surface area contributed by atoms with Crippen LogP contribution >= 0.6 is 11.6 Å². The zero-order valence-electron chi connectivity index (χ0n) is 28.3. The van der Waals surface area contributed by atoms with Crippen LogP contribution in [-0.2, 0) is 54.1 Å². The van der Waals surface area contributed by atoms with Crippen molar-refractivity contribution in [3.63, 3.8) is 0 Å². The van der Waals surface area contributed by atoms with Gasteiger partial charge < -0.3 is 11.5 Å². The Morgan fingerprint density at radius 2 is 1.08 bits per heavy atom. The van der Waals surface area contributed by atoms with Crippen molar-refractivity contribution >= 4 is 70.0 Å². The minimum Gasteiger partial charge on any atom is -0.370 e. The lowest BCUT2D eigenvalue weighted by Gasteiger charge is -2.22. The van der Waals surface area contributed by atoms with E-state index in [-0.39, 0.29) is 36.3 Å². The number of hydrogen-bond donors (Lipinski definition) is 2. The van der Waals surface area contributed by atoms with Crippen LogP contribution in [0.4, 0.5) is 0 Å². The van der Waals surface area contributed by atoms with Gasteiger partial charge in [0, 0.05) is 34.1 Å². The van der Waals surface area contributed by atoms with E-state index in [1.807, 2.05) is 13.8 Å². The number of carbonyl (C=O) groups excluding carboxylic acids is 2. The molecule has 2 saturated carbocycles.